The van der Waals surface area contributed by atoms with E-state index in [-0.39, 0.29) is 0 Å². The molecular formula is C19H14Cl2N4O4. The van der Waals surface area contributed by atoms with Crippen molar-refractivity contribution in [3.05, 3.63) is 69.7 Å². The number of amides is 6. The van der Waals surface area contributed by atoms with E-state index in [0.29, 0.717) is 21.2 Å². The van der Waals surface area contributed by atoms with E-state index in [2.05, 4.69) is 21.3 Å². The first-order valence-corrected chi connectivity index (χ1v) is 9.33. The molecule has 0 radical (unpaired) electrons. The third-order valence-corrected chi connectivity index (χ3v) is 5.50. The summed E-state index contributed by atoms with van der Waals surface area (Å²) in [6.45, 7) is 0. The number of carbonyl (C=O) groups is 4. The standard InChI is InChI=1S/C19H14Cl2N4O4/c20-11-5-1-3-9(7-11)13-19(15(26)24-18(29)25-16(19)27)14(23-17(28)22-13)10-4-2-6-12(21)8-10/h1-8,13-14H,(H2,22,23,28)(H2,24,25,26,27,29)/t13-,14-/m1/s1. The van der Waals surface area contributed by atoms with Crippen LogP contribution in [0.25, 0.3) is 0 Å². The Balaban J connectivity index is 1.96. The van der Waals surface area contributed by atoms with Gasteiger partial charge in [0.05, 0.1) is 12.1 Å². The summed E-state index contributed by atoms with van der Waals surface area (Å²) in [5.41, 5.74) is -1.06. The molecule has 2 aliphatic heterocycles. The van der Waals surface area contributed by atoms with E-state index in [9.17, 15) is 19.2 Å². The summed E-state index contributed by atoms with van der Waals surface area (Å²) in [5, 5.41) is 10.3. The first-order valence-electron chi connectivity index (χ1n) is 8.57. The van der Waals surface area contributed by atoms with Crippen molar-refractivity contribution in [3.8, 4) is 0 Å². The Hall–Kier alpha value is -3.10. The fourth-order valence-corrected chi connectivity index (χ4v) is 4.23. The third kappa shape index (κ3) is 3.10. The Labute approximate surface area is 174 Å². The number of imide groups is 2. The highest BCUT2D eigenvalue weighted by molar-refractivity contribution is 6.31. The number of halogens is 2. The Kier molecular flexibility index (Phi) is 4.68. The molecule has 0 saturated carbocycles. The minimum absolute atomic E-state index is 0.359. The SMILES string of the molecule is O=C1NC(=O)C2(C(=O)N1)[C@@H](c1cccc(Cl)c1)NC(=O)N[C@@H]2c1cccc(Cl)c1. The van der Waals surface area contributed by atoms with E-state index in [0.717, 1.165) is 0 Å². The number of nitrogens with one attached hydrogen (secondary N) is 4. The van der Waals surface area contributed by atoms with Crippen molar-refractivity contribution in [2.24, 2.45) is 5.41 Å². The lowest BCUT2D eigenvalue weighted by Crippen LogP contribution is -2.73. The molecule has 2 atom stereocenters. The van der Waals surface area contributed by atoms with E-state index in [4.69, 9.17) is 23.2 Å². The predicted molar refractivity (Wildman–Crippen MR) is 104 cm³/mol. The third-order valence-electron chi connectivity index (χ3n) is 5.03. The maximum atomic E-state index is 13.2. The van der Waals surface area contributed by atoms with Gasteiger partial charge in [-0.25, -0.2) is 9.59 Å². The molecule has 8 nitrogen and oxygen atoms in total. The highest BCUT2D eigenvalue weighted by Crippen LogP contribution is 2.48. The van der Waals surface area contributed by atoms with Gasteiger partial charge in [0, 0.05) is 10.0 Å². The van der Waals surface area contributed by atoms with E-state index in [1.807, 2.05) is 0 Å². The van der Waals surface area contributed by atoms with Crippen LogP contribution in [0.4, 0.5) is 9.59 Å². The first-order chi connectivity index (χ1) is 13.8. The van der Waals surface area contributed by atoms with Gasteiger partial charge in [-0.05, 0) is 35.4 Å². The maximum absolute atomic E-state index is 13.2. The summed E-state index contributed by atoms with van der Waals surface area (Å²) in [5.74, 6) is -1.71. The summed E-state index contributed by atoms with van der Waals surface area (Å²) in [4.78, 5) is 50.6. The van der Waals surface area contributed by atoms with Gasteiger partial charge in [-0.2, -0.15) is 0 Å². The first kappa shape index (κ1) is 19.2. The summed E-state index contributed by atoms with van der Waals surface area (Å²) >= 11 is 12.2. The number of hydrogen-bond acceptors (Lipinski definition) is 4. The molecule has 2 aromatic carbocycles. The van der Waals surface area contributed by atoms with Crippen LogP contribution in [0.5, 0.6) is 0 Å². The molecule has 0 bridgehead atoms. The van der Waals surface area contributed by atoms with Crippen LogP contribution in [0.15, 0.2) is 48.5 Å². The van der Waals surface area contributed by atoms with Crippen molar-refractivity contribution in [2.45, 2.75) is 12.1 Å². The van der Waals surface area contributed by atoms with Crippen molar-refractivity contribution < 1.29 is 19.2 Å². The number of barbiturate groups is 1. The monoisotopic (exact) mass is 432 g/mol. The van der Waals surface area contributed by atoms with Crippen molar-refractivity contribution >= 4 is 47.1 Å². The molecule has 2 fully saturated rings. The van der Waals surface area contributed by atoms with Gasteiger partial charge in [-0.3, -0.25) is 20.2 Å². The Morgan fingerprint density at radius 2 is 1.14 bits per heavy atom. The summed E-state index contributed by atoms with van der Waals surface area (Å²) in [6, 6.07) is 9.15. The zero-order chi connectivity index (χ0) is 20.8. The fraction of sp³-hybridized carbons (Fsp3) is 0.158. The van der Waals surface area contributed by atoms with Gasteiger partial charge in [0.25, 0.3) is 0 Å². The van der Waals surface area contributed by atoms with Gasteiger partial charge in [0.1, 0.15) is 0 Å². The molecule has 2 heterocycles. The molecule has 2 saturated heterocycles. The van der Waals surface area contributed by atoms with E-state index < -0.39 is 41.4 Å². The molecular weight excluding hydrogens is 419 g/mol. The molecule has 0 aromatic heterocycles. The second-order valence-corrected chi connectivity index (χ2v) is 7.57. The second kappa shape index (κ2) is 7.06. The van der Waals surface area contributed by atoms with Crippen LogP contribution in [0.3, 0.4) is 0 Å². The average Bonchev–Trinajstić information content (AvgIpc) is 2.66. The molecule has 29 heavy (non-hydrogen) atoms. The van der Waals surface area contributed by atoms with Crippen LogP contribution in [0.2, 0.25) is 10.0 Å². The molecule has 10 heteroatoms. The number of rotatable bonds is 2. The number of carbonyl (C=O) groups excluding carboxylic acids is 4. The molecule has 148 valence electrons. The minimum Gasteiger partial charge on any atom is -0.330 e. The summed E-state index contributed by atoms with van der Waals surface area (Å²) in [7, 11) is 0. The quantitative estimate of drug-likeness (QED) is 0.545. The fourth-order valence-electron chi connectivity index (χ4n) is 3.83. The largest absolute Gasteiger partial charge is 0.330 e. The lowest BCUT2D eigenvalue weighted by molar-refractivity contribution is -0.150. The van der Waals surface area contributed by atoms with Gasteiger partial charge in [-0.15, -0.1) is 0 Å². The molecule has 1 spiro atoms. The van der Waals surface area contributed by atoms with E-state index in [1.165, 1.54) is 0 Å². The lowest BCUT2D eigenvalue weighted by Gasteiger charge is -2.48. The normalized spacial score (nSPS) is 23.1. The van der Waals surface area contributed by atoms with Gasteiger partial charge < -0.3 is 10.6 Å². The molecule has 2 aliphatic rings. The van der Waals surface area contributed by atoms with Gasteiger partial charge in [0.2, 0.25) is 11.8 Å². The maximum Gasteiger partial charge on any atom is 0.328 e. The van der Waals surface area contributed by atoms with Gasteiger partial charge in [0.15, 0.2) is 5.41 Å². The highest BCUT2D eigenvalue weighted by Gasteiger charge is 2.64. The molecule has 0 aliphatic carbocycles. The topological polar surface area (TPSA) is 116 Å². The Morgan fingerprint density at radius 3 is 1.55 bits per heavy atom. The summed E-state index contributed by atoms with van der Waals surface area (Å²) < 4.78 is 0. The zero-order valence-electron chi connectivity index (χ0n) is 14.7. The van der Waals surface area contributed by atoms with Crippen LogP contribution >= 0.6 is 23.2 Å². The molecule has 6 amide bonds. The van der Waals surface area contributed by atoms with Crippen molar-refractivity contribution in [1.29, 1.82) is 0 Å². The van der Waals surface area contributed by atoms with Crippen LogP contribution in [-0.4, -0.2) is 23.9 Å². The molecule has 2 aromatic rings. The minimum atomic E-state index is -1.92. The van der Waals surface area contributed by atoms with Crippen molar-refractivity contribution in [1.82, 2.24) is 21.3 Å². The van der Waals surface area contributed by atoms with Crippen LogP contribution in [0, 0.1) is 5.41 Å². The van der Waals surface area contributed by atoms with E-state index in [1.54, 1.807) is 48.5 Å². The second-order valence-electron chi connectivity index (χ2n) is 6.70. The van der Waals surface area contributed by atoms with E-state index >= 15 is 0 Å². The van der Waals surface area contributed by atoms with Crippen molar-refractivity contribution in [3.63, 3.8) is 0 Å². The van der Waals surface area contributed by atoms with Crippen LogP contribution in [0.1, 0.15) is 23.2 Å². The Bertz CT molecular complexity index is 979. The average molecular weight is 433 g/mol. The van der Waals surface area contributed by atoms with Crippen LogP contribution in [-0.2, 0) is 9.59 Å². The molecule has 4 N–H and O–H groups in total. The highest BCUT2D eigenvalue weighted by atomic mass is 35.5. The lowest BCUT2D eigenvalue weighted by atomic mass is 9.65. The van der Waals surface area contributed by atoms with Gasteiger partial charge >= 0.3 is 12.1 Å². The smallest absolute Gasteiger partial charge is 0.328 e. The molecule has 0 unspecified atom stereocenters. The number of benzene rings is 2. The molecule has 4 rings (SSSR count). The Morgan fingerprint density at radius 1 is 0.690 bits per heavy atom. The zero-order valence-corrected chi connectivity index (χ0v) is 16.2. The summed E-state index contributed by atoms with van der Waals surface area (Å²) in [6.07, 6.45) is 0. The number of urea groups is 2. The van der Waals surface area contributed by atoms with Crippen LogP contribution < -0.4 is 21.3 Å². The predicted octanol–water partition coefficient (Wildman–Crippen LogP) is 2.44. The van der Waals surface area contributed by atoms with Gasteiger partial charge in [-0.1, -0.05) is 47.5 Å². The van der Waals surface area contributed by atoms with Crippen molar-refractivity contribution in [2.75, 3.05) is 0 Å². The number of hydrogen-bond donors (Lipinski definition) is 4.